The van der Waals surface area contributed by atoms with E-state index in [9.17, 15) is 8.42 Å². The highest BCUT2D eigenvalue weighted by atomic mass is 32.2. The maximum Gasteiger partial charge on any atom is 0.158 e. The van der Waals surface area contributed by atoms with E-state index in [4.69, 9.17) is 28.4 Å². The van der Waals surface area contributed by atoms with Crippen molar-refractivity contribution in [2.75, 3.05) is 42.7 Å². The van der Waals surface area contributed by atoms with Crippen LogP contribution < -0.4 is 28.4 Å². The Morgan fingerprint density at radius 1 is 0.328 bits per heavy atom. The molecule has 0 saturated heterocycles. The SMILES string of the molecule is COc1ccccc1/C=C/c1cc(OC)c(/C=C/c2ccccc2OC)cc1CS(=O)(=O)Cc1cc(/C=C/c2ccccc2OC)c(OC)cc1/C=C/c1ccccc1OC. The summed E-state index contributed by atoms with van der Waals surface area (Å²) in [5.74, 6) is 3.46. The number of hydrogen-bond donors (Lipinski definition) is 0. The third-order valence-corrected chi connectivity index (χ3v) is 11.6. The van der Waals surface area contributed by atoms with Gasteiger partial charge in [0.25, 0.3) is 0 Å². The lowest BCUT2D eigenvalue weighted by Gasteiger charge is -2.16. The van der Waals surface area contributed by atoms with Crippen molar-refractivity contribution in [2.24, 2.45) is 0 Å². The fourth-order valence-corrected chi connectivity index (χ4v) is 8.50. The molecule has 0 spiro atoms. The van der Waals surface area contributed by atoms with Crippen LogP contribution in [0.1, 0.15) is 55.6 Å². The van der Waals surface area contributed by atoms with Crippen LogP contribution in [-0.4, -0.2) is 51.1 Å². The normalized spacial score (nSPS) is 11.8. The molecule has 8 nitrogen and oxygen atoms in total. The number of rotatable bonds is 18. The summed E-state index contributed by atoms with van der Waals surface area (Å²) >= 11 is 0. The van der Waals surface area contributed by atoms with Crippen LogP contribution in [0.5, 0.6) is 34.5 Å². The number of hydrogen-bond acceptors (Lipinski definition) is 8. The second-order valence-corrected chi connectivity index (χ2v) is 16.0. The molecule has 312 valence electrons. The van der Waals surface area contributed by atoms with Crippen LogP contribution in [-0.2, 0) is 21.3 Å². The van der Waals surface area contributed by atoms with Crippen LogP contribution in [0.4, 0.5) is 0 Å². The van der Waals surface area contributed by atoms with Gasteiger partial charge in [0.2, 0.25) is 0 Å². The van der Waals surface area contributed by atoms with Gasteiger partial charge in [-0.05, 0) is 70.8 Å². The van der Waals surface area contributed by atoms with Crippen LogP contribution in [0.15, 0.2) is 121 Å². The van der Waals surface area contributed by atoms with E-state index in [1.54, 1.807) is 42.7 Å². The summed E-state index contributed by atoms with van der Waals surface area (Å²) in [4.78, 5) is 0. The molecule has 0 fully saturated rings. The Morgan fingerprint density at radius 3 is 0.852 bits per heavy atom. The predicted octanol–water partition coefficient (Wildman–Crippen LogP) is 11.5. The Hall–Kier alpha value is -6.97. The zero-order valence-corrected chi connectivity index (χ0v) is 36.1. The molecule has 0 bridgehead atoms. The lowest BCUT2D eigenvalue weighted by Crippen LogP contribution is -2.10. The van der Waals surface area contributed by atoms with Gasteiger partial charge in [0.05, 0.1) is 54.2 Å². The van der Waals surface area contributed by atoms with Gasteiger partial charge in [-0.15, -0.1) is 0 Å². The van der Waals surface area contributed by atoms with E-state index >= 15 is 0 Å². The molecular weight excluding hydrogens is 785 g/mol. The fourth-order valence-electron chi connectivity index (χ4n) is 6.95. The molecule has 6 rings (SSSR count). The first-order chi connectivity index (χ1) is 29.7. The minimum Gasteiger partial charge on any atom is -0.496 e. The van der Waals surface area contributed by atoms with Crippen molar-refractivity contribution in [2.45, 2.75) is 11.5 Å². The van der Waals surface area contributed by atoms with Gasteiger partial charge >= 0.3 is 0 Å². The van der Waals surface area contributed by atoms with Crippen molar-refractivity contribution in [3.8, 4) is 34.5 Å². The number of ether oxygens (including phenoxy) is 6. The van der Waals surface area contributed by atoms with E-state index in [1.807, 2.05) is 170 Å². The second-order valence-electron chi connectivity index (χ2n) is 13.9. The molecular formula is C52H50O8S. The van der Waals surface area contributed by atoms with Gasteiger partial charge in [0.15, 0.2) is 9.84 Å². The average Bonchev–Trinajstić information content (AvgIpc) is 3.29. The quantitative estimate of drug-likeness (QED) is 0.0791. The molecule has 61 heavy (non-hydrogen) atoms. The van der Waals surface area contributed by atoms with Crippen molar-refractivity contribution in [3.05, 3.63) is 177 Å². The number of benzene rings is 6. The Balaban J connectivity index is 1.45. The van der Waals surface area contributed by atoms with Gasteiger partial charge in [0.1, 0.15) is 34.5 Å². The second kappa shape index (κ2) is 20.8. The molecule has 9 heteroatoms. The molecule has 0 N–H and O–H groups in total. The molecule has 0 aromatic heterocycles. The molecule has 6 aromatic rings. The molecule has 0 unspecified atom stereocenters. The van der Waals surface area contributed by atoms with E-state index in [1.165, 1.54) is 0 Å². The molecule has 0 atom stereocenters. The molecule has 0 saturated carbocycles. The van der Waals surface area contributed by atoms with E-state index in [2.05, 4.69) is 0 Å². The summed E-state index contributed by atoms with van der Waals surface area (Å²) < 4.78 is 63.4. The van der Waals surface area contributed by atoms with Gasteiger partial charge in [-0.25, -0.2) is 8.42 Å². The molecule has 6 aromatic carbocycles. The summed E-state index contributed by atoms with van der Waals surface area (Å²) in [6, 6.07) is 38.1. The minimum absolute atomic E-state index is 0.258. The average molecular weight is 835 g/mol. The topological polar surface area (TPSA) is 89.5 Å². The van der Waals surface area contributed by atoms with Crippen LogP contribution in [0.25, 0.3) is 48.6 Å². The Labute approximate surface area is 359 Å². The van der Waals surface area contributed by atoms with Crippen molar-refractivity contribution in [1.29, 1.82) is 0 Å². The highest BCUT2D eigenvalue weighted by Gasteiger charge is 2.20. The van der Waals surface area contributed by atoms with E-state index in [0.29, 0.717) is 67.9 Å². The fraction of sp³-hybridized carbons (Fsp3) is 0.154. The maximum atomic E-state index is 14.7. The molecule has 0 aliphatic heterocycles. The molecule has 0 amide bonds. The van der Waals surface area contributed by atoms with Crippen LogP contribution >= 0.6 is 0 Å². The monoisotopic (exact) mass is 834 g/mol. The highest BCUT2D eigenvalue weighted by molar-refractivity contribution is 7.89. The Morgan fingerprint density at radius 2 is 0.574 bits per heavy atom. The smallest absolute Gasteiger partial charge is 0.158 e. The van der Waals surface area contributed by atoms with E-state index in [0.717, 1.165) is 22.3 Å². The van der Waals surface area contributed by atoms with Gasteiger partial charge in [-0.3, -0.25) is 0 Å². The number of methoxy groups -OCH3 is 6. The number of para-hydroxylation sites is 4. The largest absolute Gasteiger partial charge is 0.496 e. The minimum atomic E-state index is -3.84. The molecule has 0 aliphatic carbocycles. The summed E-state index contributed by atoms with van der Waals surface area (Å²) in [6.45, 7) is 0. The maximum absolute atomic E-state index is 14.7. The van der Waals surface area contributed by atoms with E-state index < -0.39 is 9.84 Å². The summed E-state index contributed by atoms with van der Waals surface area (Å²) in [5, 5.41) is 0. The third kappa shape index (κ3) is 11.2. The summed E-state index contributed by atoms with van der Waals surface area (Å²) in [7, 11) is 5.86. The van der Waals surface area contributed by atoms with Crippen molar-refractivity contribution in [1.82, 2.24) is 0 Å². The van der Waals surface area contributed by atoms with Gasteiger partial charge in [-0.2, -0.15) is 0 Å². The van der Waals surface area contributed by atoms with Crippen molar-refractivity contribution >= 4 is 58.4 Å². The lowest BCUT2D eigenvalue weighted by molar-refractivity contribution is 0.413. The van der Waals surface area contributed by atoms with Gasteiger partial charge in [0, 0.05) is 33.4 Å². The molecule has 0 radical (unpaired) electrons. The summed E-state index contributed by atoms with van der Waals surface area (Å²) in [6.07, 6.45) is 15.3. The third-order valence-electron chi connectivity index (χ3n) is 10.1. The standard InChI is InChI=1S/C52H50O8S/c1-55-47-19-11-7-15-37(47)23-27-41-33-51(59-5)43(29-25-39-17-9-13-21-49(39)57-3)31-45(41)35-61(53,54)36-46-32-44(30-26-40-18-10-14-22-50(40)58-4)52(60-6)34-42(46)28-24-38-16-8-12-20-48(38)56-2/h7-34H,35-36H2,1-6H3/b27-23+,28-24+,29-25+,30-26+. The highest BCUT2D eigenvalue weighted by Crippen LogP contribution is 2.34. The van der Waals surface area contributed by atoms with Crippen molar-refractivity contribution in [3.63, 3.8) is 0 Å². The van der Waals surface area contributed by atoms with Gasteiger partial charge < -0.3 is 28.4 Å². The first kappa shape index (κ1) is 43.6. The first-order valence-electron chi connectivity index (χ1n) is 19.6. The van der Waals surface area contributed by atoms with Crippen molar-refractivity contribution < 1.29 is 36.8 Å². The zero-order chi connectivity index (χ0) is 43.2. The Kier molecular flexibility index (Phi) is 14.9. The predicted molar refractivity (Wildman–Crippen MR) is 250 cm³/mol. The molecule has 0 aliphatic rings. The van der Waals surface area contributed by atoms with E-state index in [-0.39, 0.29) is 11.5 Å². The first-order valence-corrected chi connectivity index (χ1v) is 21.4. The summed E-state index contributed by atoms with van der Waals surface area (Å²) in [5.41, 5.74) is 7.41. The molecule has 0 heterocycles. The van der Waals surface area contributed by atoms with Crippen LogP contribution in [0.2, 0.25) is 0 Å². The zero-order valence-electron chi connectivity index (χ0n) is 35.3. The Bertz CT molecular complexity index is 2510. The number of sulfone groups is 1. The lowest BCUT2D eigenvalue weighted by atomic mass is 10.0. The van der Waals surface area contributed by atoms with Crippen LogP contribution in [0.3, 0.4) is 0 Å². The van der Waals surface area contributed by atoms with Gasteiger partial charge in [-0.1, -0.05) is 121 Å². The van der Waals surface area contributed by atoms with Crippen LogP contribution in [0, 0.1) is 0 Å².